The van der Waals surface area contributed by atoms with Crippen LogP contribution in [0, 0.1) is 0 Å². The normalized spacial score (nSPS) is 12.2. The standard InChI is InChI=1S/C12H18N2O/c1-10(13-2)12(15)14(3)9-11-7-5-4-6-8-11/h4-8,10,13H,9H2,1-3H3/t10-/m0/s1. The second-order valence-electron chi connectivity index (χ2n) is 3.69. The van der Waals surface area contributed by atoms with Crippen molar-refractivity contribution in [1.82, 2.24) is 10.2 Å². The van der Waals surface area contributed by atoms with Crippen LogP contribution in [0.5, 0.6) is 0 Å². The average Bonchev–Trinajstić information content (AvgIpc) is 2.28. The summed E-state index contributed by atoms with van der Waals surface area (Å²) < 4.78 is 0. The molecule has 0 spiro atoms. The van der Waals surface area contributed by atoms with Gasteiger partial charge in [-0.2, -0.15) is 0 Å². The molecule has 1 aromatic carbocycles. The summed E-state index contributed by atoms with van der Waals surface area (Å²) in [5.41, 5.74) is 1.15. The Kier molecular flexibility index (Phi) is 4.31. The number of nitrogens with zero attached hydrogens (tertiary/aromatic N) is 1. The van der Waals surface area contributed by atoms with Crippen molar-refractivity contribution in [3.05, 3.63) is 35.9 Å². The lowest BCUT2D eigenvalue weighted by atomic mass is 10.2. The molecule has 3 heteroatoms. The van der Waals surface area contributed by atoms with Crippen LogP contribution in [-0.4, -0.2) is 30.9 Å². The molecule has 82 valence electrons. The van der Waals surface area contributed by atoms with Crippen LogP contribution in [0.15, 0.2) is 30.3 Å². The summed E-state index contributed by atoms with van der Waals surface area (Å²) in [6.07, 6.45) is 0. The molecule has 1 N–H and O–H groups in total. The topological polar surface area (TPSA) is 32.3 Å². The summed E-state index contributed by atoms with van der Waals surface area (Å²) in [5, 5.41) is 2.94. The largest absolute Gasteiger partial charge is 0.340 e. The molecule has 1 atom stereocenters. The highest BCUT2D eigenvalue weighted by molar-refractivity contribution is 5.81. The molecule has 0 fully saturated rings. The molecule has 1 amide bonds. The number of carbonyl (C=O) groups excluding carboxylic acids is 1. The molecule has 3 nitrogen and oxygen atoms in total. The second-order valence-corrected chi connectivity index (χ2v) is 3.69. The SMILES string of the molecule is CN[C@@H](C)C(=O)N(C)Cc1ccccc1. The van der Waals surface area contributed by atoms with E-state index in [2.05, 4.69) is 5.32 Å². The third-order valence-corrected chi connectivity index (χ3v) is 2.44. The Balaban J connectivity index is 2.56. The highest BCUT2D eigenvalue weighted by Crippen LogP contribution is 2.03. The minimum atomic E-state index is -0.126. The van der Waals surface area contributed by atoms with Crippen LogP contribution in [0.1, 0.15) is 12.5 Å². The number of hydrogen-bond acceptors (Lipinski definition) is 2. The van der Waals surface area contributed by atoms with Crippen LogP contribution in [0.3, 0.4) is 0 Å². The molecule has 0 aliphatic carbocycles. The van der Waals surface area contributed by atoms with Crippen LogP contribution in [0.2, 0.25) is 0 Å². The molecular formula is C12H18N2O. The van der Waals surface area contributed by atoms with Gasteiger partial charge in [-0.1, -0.05) is 30.3 Å². The summed E-state index contributed by atoms with van der Waals surface area (Å²) in [6, 6.07) is 9.85. The van der Waals surface area contributed by atoms with E-state index < -0.39 is 0 Å². The maximum absolute atomic E-state index is 11.7. The summed E-state index contributed by atoms with van der Waals surface area (Å²) in [6.45, 7) is 2.52. The lowest BCUT2D eigenvalue weighted by molar-refractivity contribution is -0.132. The Hall–Kier alpha value is -1.35. The van der Waals surface area contributed by atoms with E-state index >= 15 is 0 Å². The van der Waals surface area contributed by atoms with Gasteiger partial charge in [-0.05, 0) is 19.5 Å². The Labute approximate surface area is 91.1 Å². The molecule has 1 rings (SSSR count). The molecule has 0 radical (unpaired) electrons. The van der Waals surface area contributed by atoms with Gasteiger partial charge < -0.3 is 10.2 Å². The summed E-state index contributed by atoms with van der Waals surface area (Å²) in [7, 11) is 3.61. The number of rotatable bonds is 4. The van der Waals surface area contributed by atoms with Gasteiger partial charge in [-0.15, -0.1) is 0 Å². The van der Waals surface area contributed by atoms with Crippen molar-refractivity contribution in [2.75, 3.05) is 14.1 Å². The first-order valence-corrected chi connectivity index (χ1v) is 5.11. The molecule has 0 bridgehead atoms. The second kappa shape index (κ2) is 5.51. The number of carbonyl (C=O) groups is 1. The van der Waals surface area contributed by atoms with Crippen molar-refractivity contribution in [2.45, 2.75) is 19.5 Å². The van der Waals surface area contributed by atoms with Crippen molar-refractivity contribution in [3.63, 3.8) is 0 Å². The van der Waals surface area contributed by atoms with Gasteiger partial charge in [0.25, 0.3) is 0 Å². The van der Waals surface area contributed by atoms with Crippen LogP contribution in [0.4, 0.5) is 0 Å². The van der Waals surface area contributed by atoms with E-state index in [0.29, 0.717) is 6.54 Å². The molecule has 0 saturated carbocycles. The quantitative estimate of drug-likeness (QED) is 0.804. The number of nitrogens with one attached hydrogen (secondary N) is 1. The Morgan fingerprint density at radius 2 is 2.00 bits per heavy atom. The lowest BCUT2D eigenvalue weighted by Gasteiger charge is -2.21. The van der Waals surface area contributed by atoms with E-state index in [-0.39, 0.29) is 11.9 Å². The summed E-state index contributed by atoms with van der Waals surface area (Å²) in [4.78, 5) is 13.5. The van der Waals surface area contributed by atoms with Crippen molar-refractivity contribution >= 4 is 5.91 Å². The molecule has 0 unspecified atom stereocenters. The number of hydrogen-bond donors (Lipinski definition) is 1. The molecular weight excluding hydrogens is 188 g/mol. The van der Waals surface area contributed by atoms with Gasteiger partial charge in [-0.25, -0.2) is 0 Å². The summed E-state index contributed by atoms with van der Waals surface area (Å²) >= 11 is 0. The fourth-order valence-electron chi connectivity index (χ4n) is 1.39. The van der Waals surface area contributed by atoms with Crippen molar-refractivity contribution in [1.29, 1.82) is 0 Å². The Morgan fingerprint density at radius 1 is 1.40 bits per heavy atom. The van der Waals surface area contributed by atoms with E-state index in [0.717, 1.165) is 5.56 Å². The van der Waals surface area contributed by atoms with Crippen molar-refractivity contribution in [3.8, 4) is 0 Å². The maximum Gasteiger partial charge on any atom is 0.239 e. The molecule has 0 aromatic heterocycles. The molecule has 0 saturated heterocycles. The predicted molar refractivity (Wildman–Crippen MR) is 61.4 cm³/mol. The van der Waals surface area contributed by atoms with E-state index in [4.69, 9.17) is 0 Å². The van der Waals surface area contributed by atoms with Gasteiger partial charge in [0.15, 0.2) is 0 Å². The Morgan fingerprint density at radius 3 is 2.53 bits per heavy atom. The maximum atomic E-state index is 11.7. The molecule has 1 aromatic rings. The molecule has 0 aliphatic heterocycles. The zero-order valence-corrected chi connectivity index (χ0v) is 9.53. The van der Waals surface area contributed by atoms with Crippen molar-refractivity contribution < 1.29 is 4.79 Å². The monoisotopic (exact) mass is 206 g/mol. The van der Waals surface area contributed by atoms with E-state index in [1.54, 1.807) is 11.9 Å². The van der Waals surface area contributed by atoms with Crippen LogP contribution in [-0.2, 0) is 11.3 Å². The van der Waals surface area contributed by atoms with E-state index in [1.165, 1.54) is 0 Å². The first-order valence-electron chi connectivity index (χ1n) is 5.11. The third-order valence-electron chi connectivity index (χ3n) is 2.44. The fraction of sp³-hybridized carbons (Fsp3) is 0.417. The highest BCUT2D eigenvalue weighted by atomic mass is 16.2. The van der Waals surface area contributed by atoms with Crippen LogP contribution >= 0.6 is 0 Å². The fourth-order valence-corrected chi connectivity index (χ4v) is 1.39. The highest BCUT2D eigenvalue weighted by Gasteiger charge is 2.15. The predicted octanol–water partition coefficient (Wildman–Crippen LogP) is 1.25. The van der Waals surface area contributed by atoms with Gasteiger partial charge in [0, 0.05) is 13.6 Å². The number of benzene rings is 1. The number of likely N-dealkylation sites (N-methyl/N-ethyl adjacent to an activating group) is 2. The lowest BCUT2D eigenvalue weighted by Crippen LogP contribution is -2.41. The van der Waals surface area contributed by atoms with Crippen molar-refractivity contribution in [2.24, 2.45) is 0 Å². The van der Waals surface area contributed by atoms with Gasteiger partial charge >= 0.3 is 0 Å². The Bertz CT molecular complexity index is 311. The molecule has 0 heterocycles. The van der Waals surface area contributed by atoms with Gasteiger partial charge in [0.05, 0.1) is 6.04 Å². The summed E-state index contributed by atoms with van der Waals surface area (Å²) in [5.74, 6) is 0.112. The minimum absolute atomic E-state index is 0.112. The average molecular weight is 206 g/mol. The third kappa shape index (κ3) is 3.36. The zero-order valence-electron chi connectivity index (χ0n) is 9.53. The van der Waals surface area contributed by atoms with E-state index in [9.17, 15) is 4.79 Å². The first kappa shape index (κ1) is 11.7. The van der Waals surface area contributed by atoms with Gasteiger partial charge in [0.1, 0.15) is 0 Å². The minimum Gasteiger partial charge on any atom is -0.340 e. The van der Waals surface area contributed by atoms with Crippen LogP contribution in [0.25, 0.3) is 0 Å². The van der Waals surface area contributed by atoms with Crippen LogP contribution < -0.4 is 5.32 Å². The van der Waals surface area contributed by atoms with E-state index in [1.807, 2.05) is 44.3 Å². The smallest absolute Gasteiger partial charge is 0.239 e. The molecule has 0 aliphatic rings. The number of amides is 1. The van der Waals surface area contributed by atoms with Gasteiger partial charge in [0.2, 0.25) is 5.91 Å². The zero-order chi connectivity index (χ0) is 11.3. The molecule has 15 heavy (non-hydrogen) atoms. The first-order chi connectivity index (χ1) is 7.15. The van der Waals surface area contributed by atoms with Gasteiger partial charge in [-0.3, -0.25) is 4.79 Å².